The number of nitrogens with zero attached hydrogens (tertiary/aromatic N) is 3. The number of nitriles is 1. The third kappa shape index (κ3) is 3.56. The lowest BCUT2D eigenvalue weighted by Gasteiger charge is -2.28. The molecule has 5 rings (SSSR count). The maximum atomic E-state index is 10.8. The third-order valence-electron chi connectivity index (χ3n) is 5.72. The van der Waals surface area contributed by atoms with Crippen LogP contribution in [-0.4, -0.2) is 39.7 Å². The number of aliphatic hydroxyl groups excluding tert-OH is 1. The largest absolute Gasteiger partial charge is 0.506 e. The first-order chi connectivity index (χ1) is 14.7. The number of fused-ring (bicyclic) bond motifs is 2. The van der Waals surface area contributed by atoms with E-state index in [0.29, 0.717) is 18.3 Å². The zero-order chi connectivity index (χ0) is 20.5. The van der Waals surface area contributed by atoms with E-state index in [0.717, 1.165) is 42.5 Å². The first kappa shape index (κ1) is 18.8. The number of para-hydroxylation sites is 3. The quantitative estimate of drug-likeness (QED) is 0.351. The van der Waals surface area contributed by atoms with Gasteiger partial charge in [0.2, 0.25) is 0 Å². The van der Waals surface area contributed by atoms with E-state index < -0.39 is 0 Å². The fourth-order valence-electron chi connectivity index (χ4n) is 4.24. The van der Waals surface area contributed by atoms with Crippen molar-refractivity contribution in [1.29, 1.82) is 5.26 Å². The van der Waals surface area contributed by atoms with Gasteiger partial charge in [-0.2, -0.15) is 5.26 Å². The molecule has 0 spiro atoms. The predicted molar refractivity (Wildman–Crippen MR) is 118 cm³/mol. The number of rotatable bonds is 4. The molecular formula is C23H22N5OS+. The van der Waals surface area contributed by atoms with Crippen molar-refractivity contribution in [1.82, 2.24) is 15.0 Å². The molecular weight excluding hydrogens is 394 g/mol. The Kier molecular flexibility index (Phi) is 4.95. The molecule has 7 heteroatoms. The van der Waals surface area contributed by atoms with Gasteiger partial charge in [0.15, 0.2) is 11.6 Å². The molecule has 0 aliphatic carbocycles. The molecule has 0 bridgehead atoms. The third-order valence-corrected chi connectivity index (χ3v) is 6.92. The second kappa shape index (κ2) is 7.90. The van der Waals surface area contributed by atoms with Crippen molar-refractivity contribution in [3.63, 3.8) is 0 Å². The van der Waals surface area contributed by atoms with Crippen LogP contribution in [0.25, 0.3) is 26.8 Å². The van der Waals surface area contributed by atoms with Crippen molar-refractivity contribution in [3.8, 4) is 6.07 Å². The van der Waals surface area contributed by atoms with E-state index in [2.05, 4.69) is 28.2 Å². The Bertz CT molecular complexity index is 1220. The van der Waals surface area contributed by atoms with Gasteiger partial charge in [0, 0.05) is 0 Å². The number of likely N-dealkylation sites (tertiary alicyclic amines) is 1. The Morgan fingerprint density at radius 3 is 2.77 bits per heavy atom. The molecule has 1 aliphatic heterocycles. The number of allylic oxidation sites excluding steroid dienone is 1. The number of imidazole rings is 1. The second-order valence-corrected chi connectivity index (χ2v) is 8.84. The summed E-state index contributed by atoms with van der Waals surface area (Å²) in [7, 11) is 0. The van der Waals surface area contributed by atoms with E-state index in [9.17, 15) is 10.4 Å². The summed E-state index contributed by atoms with van der Waals surface area (Å²) in [6.07, 6.45) is 2.19. The summed E-state index contributed by atoms with van der Waals surface area (Å²) in [6, 6.07) is 18.0. The normalized spacial score (nSPS) is 20.2. The minimum Gasteiger partial charge on any atom is -0.506 e. The number of aliphatic hydroxyl groups is 1. The Hall–Kier alpha value is -3.21. The Morgan fingerprint density at radius 1 is 1.17 bits per heavy atom. The molecule has 1 unspecified atom stereocenters. The molecule has 30 heavy (non-hydrogen) atoms. The van der Waals surface area contributed by atoms with Crippen molar-refractivity contribution in [2.24, 2.45) is 0 Å². The van der Waals surface area contributed by atoms with Gasteiger partial charge in [-0.1, -0.05) is 24.3 Å². The van der Waals surface area contributed by atoms with Gasteiger partial charge in [0.1, 0.15) is 23.2 Å². The number of quaternary nitrogens is 1. The van der Waals surface area contributed by atoms with Gasteiger partial charge < -0.3 is 15.0 Å². The Morgan fingerprint density at radius 2 is 1.97 bits per heavy atom. The minimum atomic E-state index is 0.0940. The van der Waals surface area contributed by atoms with Gasteiger partial charge in [-0.25, -0.2) is 9.97 Å². The van der Waals surface area contributed by atoms with Crippen molar-refractivity contribution in [2.45, 2.75) is 18.8 Å². The highest BCUT2D eigenvalue weighted by Crippen LogP contribution is 2.30. The molecule has 1 saturated heterocycles. The molecule has 2 atom stereocenters. The van der Waals surface area contributed by atoms with Crippen LogP contribution >= 0.6 is 11.3 Å². The molecule has 0 radical (unpaired) electrons. The van der Waals surface area contributed by atoms with Crippen LogP contribution in [0.4, 0.5) is 0 Å². The zero-order valence-corrected chi connectivity index (χ0v) is 17.2. The standard InChI is InChI=1S/C23H21N5OS/c24-12-16(22-25-17-7-1-2-8-18(17)26-22)20(29)14-28-11-5-6-15(13-28)23-27-19-9-3-4-10-21(19)30-23/h1-4,7-10,15,29H,5-6,11,13-14H2,(H,25,26)/p+1/b20-16-/t15-/m0/s1. The summed E-state index contributed by atoms with van der Waals surface area (Å²) >= 11 is 1.77. The van der Waals surface area contributed by atoms with Gasteiger partial charge in [0.25, 0.3) is 0 Å². The summed E-state index contributed by atoms with van der Waals surface area (Å²) in [5.41, 5.74) is 2.92. The first-order valence-corrected chi connectivity index (χ1v) is 11.0. The highest BCUT2D eigenvalue weighted by molar-refractivity contribution is 7.18. The number of benzene rings is 2. The van der Waals surface area contributed by atoms with Crippen molar-refractivity contribution in [2.75, 3.05) is 19.6 Å². The lowest BCUT2D eigenvalue weighted by molar-refractivity contribution is -0.902. The van der Waals surface area contributed by atoms with Crippen LogP contribution in [0.15, 0.2) is 54.3 Å². The average Bonchev–Trinajstić information content (AvgIpc) is 3.38. The first-order valence-electron chi connectivity index (χ1n) is 10.2. The number of hydrogen-bond acceptors (Lipinski definition) is 5. The summed E-state index contributed by atoms with van der Waals surface area (Å²) in [5.74, 6) is 0.905. The van der Waals surface area contributed by atoms with Gasteiger partial charge in [-0.3, -0.25) is 0 Å². The molecule has 3 heterocycles. The lowest BCUT2D eigenvalue weighted by atomic mass is 9.98. The number of aromatic amines is 1. The maximum Gasteiger partial charge on any atom is 0.169 e. The number of piperidine rings is 1. The Balaban J connectivity index is 1.36. The van der Waals surface area contributed by atoms with Crippen LogP contribution in [-0.2, 0) is 0 Å². The van der Waals surface area contributed by atoms with Crippen LogP contribution in [0, 0.1) is 11.3 Å². The van der Waals surface area contributed by atoms with Crippen LogP contribution in [0.1, 0.15) is 29.6 Å². The molecule has 3 N–H and O–H groups in total. The SMILES string of the molecule is N#C/C(=C(/O)C[NH+]1CCC[C@H](c2nc3ccccc3s2)C1)c1nc2ccccc2[nH]1. The molecule has 150 valence electrons. The number of H-pyrrole nitrogens is 1. The maximum absolute atomic E-state index is 10.8. The fourth-order valence-corrected chi connectivity index (χ4v) is 5.34. The number of nitrogens with one attached hydrogen (secondary N) is 2. The minimum absolute atomic E-state index is 0.0940. The van der Waals surface area contributed by atoms with Crippen molar-refractivity contribution < 1.29 is 10.0 Å². The smallest absolute Gasteiger partial charge is 0.169 e. The van der Waals surface area contributed by atoms with E-state index in [1.165, 1.54) is 14.6 Å². The lowest BCUT2D eigenvalue weighted by Crippen LogP contribution is -3.13. The molecule has 0 saturated carbocycles. The van der Waals surface area contributed by atoms with E-state index in [-0.39, 0.29) is 11.3 Å². The number of thiazole rings is 1. The highest BCUT2D eigenvalue weighted by atomic mass is 32.1. The average molecular weight is 417 g/mol. The molecule has 1 fully saturated rings. The highest BCUT2D eigenvalue weighted by Gasteiger charge is 2.28. The summed E-state index contributed by atoms with van der Waals surface area (Å²) in [5, 5.41) is 21.6. The number of aromatic nitrogens is 3. The predicted octanol–water partition coefficient (Wildman–Crippen LogP) is 3.43. The molecule has 0 amide bonds. The number of hydrogen-bond donors (Lipinski definition) is 3. The van der Waals surface area contributed by atoms with E-state index in [4.69, 9.17) is 4.98 Å². The fraction of sp³-hybridized carbons (Fsp3) is 0.261. The van der Waals surface area contributed by atoms with E-state index in [1.807, 2.05) is 36.4 Å². The van der Waals surface area contributed by atoms with Crippen molar-refractivity contribution in [3.05, 3.63) is 65.1 Å². The summed E-state index contributed by atoms with van der Waals surface area (Å²) in [4.78, 5) is 13.7. The van der Waals surface area contributed by atoms with Crippen molar-refractivity contribution >= 4 is 38.2 Å². The van der Waals surface area contributed by atoms with Gasteiger partial charge in [0.05, 0.1) is 40.3 Å². The second-order valence-electron chi connectivity index (χ2n) is 7.78. The van der Waals surface area contributed by atoms with Gasteiger partial charge in [-0.15, -0.1) is 11.3 Å². The molecule has 1 aliphatic rings. The summed E-state index contributed by atoms with van der Waals surface area (Å²) in [6.45, 7) is 2.30. The topological polar surface area (TPSA) is 90.0 Å². The van der Waals surface area contributed by atoms with E-state index in [1.54, 1.807) is 11.3 Å². The van der Waals surface area contributed by atoms with Crippen LogP contribution in [0.2, 0.25) is 0 Å². The van der Waals surface area contributed by atoms with Crippen LogP contribution < -0.4 is 4.90 Å². The Labute approximate surface area is 178 Å². The zero-order valence-electron chi connectivity index (χ0n) is 16.4. The molecule has 6 nitrogen and oxygen atoms in total. The monoisotopic (exact) mass is 416 g/mol. The summed E-state index contributed by atoms with van der Waals surface area (Å²) < 4.78 is 1.22. The molecule has 2 aromatic heterocycles. The van der Waals surface area contributed by atoms with E-state index >= 15 is 0 Å². The van der Waals surface area contributed by atoms with Gasteiger partial charge in [-0.05, 0) is 37.1 Å². The van der Waals surface area contributed by atoms with Crippen LogP contribution in [0.5, 0.6) is 0 Å². The molecule has 2 aromatic carbocycles. The van der Waals surface area contributed by atoms with Crippen LogP contribution in [0.3, 0.4) is 0 Å². The van der Waals surface area contributed by atoms with Gasteiger partial charge >= 0.3 is 0 Å². The molecule has 4 aromatic rings.